The Labute approximate surface area is 404 Å². The lowest BCUT2D eigenvalue weighted by atomic mass is 10.0. The highest BCUT2D eigenvalue weighted by molar-refractivity contribution is 7.98. The molecule has 1 aliphatic rings. The van der Waals surface area contributed by atoms with Crippen LogP contribution in [-0.2, 0) is 64.0 Å². The number of aliphatic hydroxyl groups is 1. The van der Waals surface area contributed by atoms with E-state index in [0.29, 0.717) is 17.7 Å². The first-order chi connectivity index (χ1) is 32.8. The largest absolute Gasteiger partial charge is 0.508 e. The van der Waals surface area contributed by atoms with Gasteiger partial charge in [-0.1, -0.05) is 12.1 Å². The van der Waals surface area contributed by atoms with E-state index in [1.165, 1.54) is 40.9 Å². The van der Waals surface area contributed by atoms with Gasteiger partial charge in [-0.15, -0.1) is 0 Å². The molecule has 9 atom stereocenters. The Kier molecular flexibility index (Phi) is 24.5. The van der Waals surface area contributed by atoms with E-state index in [0.717, 1.165) is 6.92 Å². The number of aromatic hydroxyl groups is 1. The molecule has 70 heavy (non-hydrogen) atoms. The van der Waals surface area contributed by atoms with Gasteiger partial charge in [0.05, 0.1) is 18.6 Å². The van der Waals surface area contributed by atoms with Crippen molar-refractivity contribution in [3.8, 4) is 5.75 Å². The minimum absolute atomic E-state index is 0.0409. The number of hydrogen-bond acceptors (Lipinski definition) is 16. The molecule has 0 aliphatic carbocycles. The number of rotatable bonds is 31. The van der Waals surface area contributed by atoms with Gasteiger partial charge in [0.15, 0.2) is 0 Å². The number of carbonyl (C=O) groups is 12. The summed E-state index contributed by atoms with van der Waals surface area (Å²) >= 11 is 1.36. The van der Waals surface area contributed by atoms with Crippen LogP contribution in [0, 0.1) is 0 Å². The molecule has 28 heteroatoms. The summed E-state index contributed by atoms with van der Waals surface area (Å²) in [6.45, 7) is 1.12. The Bertz CT molecular complexity index is 2080. The van der Waals surface area contributed by atoms with Crippen molar-refractivity contribution in [2.45, 2.75) is 132 Å². The average molecular weight is 1010 g/mol. The fraction of sp³-hybridized carbons (Fsp3) is 0.571. The van der Waals surface area contributed by atoms with E-state index in [2.05, 4.69) is 31.9 Å². The number of carboxylic acid groups (broad SMARTS) is 4. The minimum Gasteiger partial charge on any atom is -0.508 e. The highest BCUT2D eigenvalue weighted by Crippen LogP contribution is 2.21. The van der Waals surface area contributed by atoms with Crippen molar-refractivity contribution in [2.75, 3.05) is 18.6 Å². The number of phenolic OH excluding ortho intramolecular Hbond substituents is 1. The number of aliphatic carboxylic acids is 4. The molecule has 0 unspecified atom stereocenters. The van der Waals surface area contributed by atoms with Crippen LogP contribution in [-0.4, -0.2) is 180 Å². The van der Waals surface area contributed by atoms with Crippen LogP contribution in [0.4, 0.5) is 0 Å². The number of aliphatic hydroxyl groups excluding tert-OH is 1. The smallest absolute Gasteiger partial charge is 0.326 e. The lowest BCUT2D eigenvalue weighted by Gasteiger charge is -2.31. The van der Waals surface area contributed by atoms with E-state index in [1.807, 2.05) is 0 Å². The highest BCUT2D eigenvalue weighted by Gasteiger charge is 2.41. The Morgan fingerprint density at radius 2 is 1.19 bits per heavy atom. The van der Waals surface area contributed by atoms with Gasteiger partial charge in [0.2, 0.25) is 47.3 Å². The van der Waals surface area contributed by atoms with Crippen LogP contribution in [0.1, 0.15) is 76.7 Å². The van der Waals surface area contributed by atoms with Crippen LogP contribution in [0.5, 0.6) is 5.75 Å². The van der Waals surface area contributed by atoms with Gasteiger partial charge in [-0.2, -0.15) is 11.8 Å². The molecule has 0 aromatic heterocycles. The number of nitrogens with zero attached hydrogens (tertiary/aromatic N) is 1. The maximum absolute atomic E-state index is 13.8. The van der Waals surface area contributed by atoms with Crippen LogP contribution in [0.2, 0.25) is 0 Å². The summed E-state index contributed by atoms with van der Waals surface area (Å²) < 4.78 is 0. The van der Waals surface area contributed by atoms with E-state index in [4.69, 9.17) is 11.5 Å². The van der Waals surface area contributed by atoms with Gasteiger partial charge >= 0.3 is 23.9 Å². The molecule has 2 rings (SSSR count). The number of nitrogens with two attached hydrogens (primary N) is 2. The SMILES string of the molecule is CSCC[C@H](NC(=O)[C@@H](N)CCC(N)=O)C(=O)N1CCC[C@H]1C(=O)N[C@H](C(=O)N[C@@H](CCC(=O)O)C(=O)N[C@@H](CC(=O)O)C(=O)N[C@@H](CCC(=O)O)C(=O)N[C@@H](Cc1ccc(O)cc1)C(=O)O)[C@@H](C)O. The topological polar surface area (TPSA) is 454 Å². The van der Waals surface area contributed by atoms with Gasteiger partial charge < -0.3 is 78.9 Å². The Morgan fingerprint density at radius 1 is 0.671 bits per heavy atom. The fourth-order valence-corrected chi connectivity index (χ4v) is 7.43. The Hall–Kier alpha value is -7.07. The first-order valence-corrected chi connectivity index (χ1v) is 23.2. The van der Waals surface area contributed by atoms with Crippen molar-refractivity contribution in [3.05, 3.63) is 29.8 Å². The predicted octanol–water partition coefficient (Wildman–Crippen LogP) is -4.15. The fourth-order valence-electron chi connectivity index (χ4n) is 6.96. The minimum atomic E-state index is -2.10. The number of thioether (sulfide) groups is 1. The monoisotopic (exact) mass is 1010 g/mol. The highest BCUT2D eigenvalue weighted by atomic mass is 32.2. The Balaban J connectivity index is 2.32. The second-order valence-electron chi connectivity index (χ2n) is 16.3. The predicted molar refractivity (Wildman–Crippen MR) is 243 cm³/mol. The molecule has 1 aliphatic heterocycles. The quantitative estimate of drug-likeness (QED) is 0.0336. The van der Waals surface area contributed by atoms with Gasteiger partial charge in [-0.25, -0.2) is 4.79 Å². The summed E-state index contributed by atoms with van der Waals surface area (Å²) in [6.07, 6.45) is -4.25. The molecule has 388 valence electrons. The van der Waals surface area contributed by atoms with Crippen LogP contribution in [0.3, 0.4) is 0 Å². The number of phenols is 1. The number of benzene rings is 1. The maximum Gasteiger partial charge on any atom is 0.326 e. The summed E-state index contributed by atoms with van der Waals surface area (Å²) in [5.41, 5.74) is 11.4. The van der Waals surface area contributed by atoms with Crippen LogP contribution in [0.25, 0.3) is 0 Å². The van der Waals surface area contributed by atoms with Crippen molar-refractivity contribution in [2.24, 2.45) is 11.5 Å². The number of carbonyl (C=O) groups excluding carboxylic acids is 8. The third-order valence-corrected chi connectivity index (χ3v) is 11.4. The summed E-state index contributed by atoms with van der Waals surface area (Å²) in [5, 5.41) is 71.8. The molecule has 0 saturated carbocycles. The van der Waals surface area contributed by atoms with Crippen molar-refractivity contribution < 1.29 is 88.2 Å². The molecule has 0 spiro atoms. The van der Waals surface area contributed by atoms with E-state index in [9.17, 15) is 88.2 Å². The molecule has 1 aromatic carbocycles. The van der Waals surface area contributed by atoms with E-state index in [-0.39, 0.29) is 44.4 Å². The standard InChI is InChI=1S/C42H61N9O18S/c1-20(52)34(50-39(65)29-4-3-16-51(29)41(67)26(15-17-70-2)47-35(61)23(43)9-12-30(44)54)40(66)46-25(11-14-32(57)58)36(62)48-27(19-33(59)60)38(64)45-24(10-13-31(55)56)37(63)49-28(42(68)69)18-21-5-7-22(53)8-6-21/h5-8,20,23-29,34,52-53H,3-4,9-19,43H2,1-2H3,(H2,44,54)(H,45,64)(H,46,66)(H,47,61)(H,48,62)(H,49,63)(H,50,65)(H,55,56)(H,57,58)(H,59,60)(H,68,69)/t20-,23+,24+,25+,26+,27+,28+,29+,34+/m1/s1. The lowest BCUT2D eigenvalue weighted by Crippen LogP contribution is -2.61. The first-order valence-electron chi connectivity index (χ1n) is 21.8. The molecular formula is C42H61N9O18S. The molecule has 16 N–H and O–H groups in total. The number of likely N-dealkylation sites (tertiary alicyclic amines) is 1. The zero-order valence-corrected chi connectivity index (χ0v) is 39.1. The van der Waals surface area contributed by atoms with Crippen LogP contribution >= 0.6 is 11.8 Å². The number of hydrogen-bond donors (Lipinski definition) is 14. The van der Waals surface area contributed by atoms with Gasteiger partial charge in [-0.3, -0.25) is 52.7 Å². The van der Waals surface area contributed by atoms with Gasteiger partial charge in [-0.05, 0) is 75.2 Å². The summed E-state index contributed by atoms with van der Waals surface area (Å²) in [4.78, 5) is 154. The molecule has 0 bridgehead atoms. The molecule has 1 aromatic rings. The van der Waals surface area contributed by atoms with Crippen molar-refractivity contribution in [1.82, 2.24) is 36.8 Å². The molecular weight excluding hydrogens is 951 g/mol. The van der Waals surface area contributed by atoms with Crippen LogP contribution in [0.15, 0.2) is 24.3 Å². The molecule has 27 nitrogen and oxygen atoms in total. The zero-order chi connectivity index (χ0) is 52.8. The van der Waals surface area contributed by atoms with Crippen molar-refractivity contribution >= 4 is 82.9 Å². The van der Waals surface area contributed by atoms with Crippen molar-refractivity contribution in [3.63, 3.8) is 0 Å². The van der Waals surface area contributed by atoms with Gasteiger partial charge in [0, 0.05) is 32.2 Å². The summed E-state index contributed by atoms with van der Waals surface area (Å²) in [7, 11) is 0. The summed E-state index contributed by atoms with van der Waals surface area (Å²) in [6, 6.07) is -7.72. The molecule has 1 fully saturated rings. The van der Waals surface area contributed by atoms with Gasteiger partial charge in [0.25, 0.3) is 0 Å². The summed E-state index contributed by atoms with van der Waals surface area (Å²) in [5.74, 6) is -14.2. The zero-order valence-electron chi connectivity index (χ0n) is 38.3. The van der Waals surface area contributed by atoms with E-state index < -0.39 is 158 Å². The number of primary amides is 1. The lowest BCUT2D eigenvalue weighted by molar-refractivity contribution is -0.144. The number of carboxylic acids is 4. The molecule has 8 amide bonds. The van der Waals surface area contributed by atoms with Gasteiger partial charge in [0.1, 0.15) is 48.0 Å². The third-order valence-electron chi connectivity index (χ3n) is 10.7. The number of nitrogens with one attached hydrogen (secondary N) is 6. The molecule has 1 saturated heterocycles. The maximum atomic E-state index is 13.8. The van der Waals surface area contributed by atoms with E-state index >= 15 is 0 Å². The second-order valence-corrected chi connectivity index (χ2v) is 17.3. The third kappa shape index (κ3) is 20.3. The number of amides is 8. The van der Waals surface area contributed by atoms with Crippen LogP contribution < -0.4 is 43.4 Å². The normalized spacial score (nSPS) is 16.6. The second kappa shape index (κ2) is 29.1. The van der Waals surface area contributed by atoms with Crippen molar-refractivity contribution in [1.29, 1.82) is 0 Å². The average Bonchev–Trinajstić information content (AvgIpc) is 3.78. The first kappa shape index (κ1) is 59.1. The van der Waals surface area contributed by atoms with E-state index in [1.54, 1.807) is 6.26 Å². The molecule has 1 heterocycles. The molecule has 0 radical (unpaired) electrons. The Morgan fingerprint density at radius 3 is 1.69 bits per heavy atom.